The Morgan fingerprint density at radius 1 is 1.35 bits per heavy atom. The molecule has 1 atom stereocenters. The zero-order valence-corrected chi connectivity index (χ0v) is 9.26. The third-order valence-corrected chi connectivity index (χ3v) is 2.92. The van der Waals surface area contributed by atoms with Gasteiger partial charge in [-0.05, 0) is 30.0 Å². The molecule has 2 N–H and O–H groups in total. The molecule has 1 aromatic rings. The normalized spacial score (nSPS) is 19.2. The zero-order chi connectivity index (χ0) is 12.5. The maximum Gasteiger partial charge on any atom is 0.392 e. The van der Waals surface area contributed by atoms with Crippen molar-refractivity contribution in [2.75, 3.05) is 6.61 Å². The van der Waals surface area contributed by atoms with Crippen molar-refractivity contribution < 1.29 is 17.9 Å². The molecule has 0 saturated carbocycles. The first-order chi connectivity index (χ1) is 7.97. The van der Waals surface area contributed by atoms with Crippen LogP contribution in [0.4, 0.5) is 13.2 Å². The van der Waals surface area contributed by atoms with E-state index in [1.165, 1.54) is 0 Å². The second-order valence-corrected chi connectivity index (χ2v) is 4.18. The highest BCUT2D eigenvalue weighted by Crippen LogP contribution is 2.35. The van der Waals surface area contributed by atoms with Crippen LogP contribution in [0, 0.1) is 0 Å². The number of nitrogens with two attached hydrogens (primary N) is 1. The Bertz CT molecular complexity index is 403. The summed E-state index contributed by atoms with van der Waals surface area (Å²) in [6, 6.07) is 5.36. The molecule has 2 nitrogen and oxygen atoms in total. The molecule has 1 unspecified atom stereocenters. The molecule has 2 rings (SSSR count). The Labute approximate surface area is 97.6 Å². The lowest BCUT2D eigenvalue weighted by Gasteiger charge is -2.12. The van der Waals surface area contributed by atoms with Crippen LogP contribution < -0.4 is 10.5 Å². The van der Waals surface area contributed by atoms with E-state index < -0.39 is 12.6 Å². The summed E-state index contributed by atoms with van der Waals surface area (Å²) in [5.74, 6) is 0.541. The van der Waals surface area contributed by atoms with Crippen LogP contribution in [0.15, 0.2) is 18.2 Å². The number of fused-ring (bicyclic) bond motifs is 1. The minimum Gasteiger partial charge on any atom is -0.493 e. The smallest absolute Gasteiger partial charge is 0.392 e. The molecule has 5 heteroatoms. The quantitative estimate of drug-likeness (QED) is 0.888. The van der Waals surface area contributed by atoms with Crippen LogP contribution in [0.25, 0.3) is 0 Å². The summed E-state index contributed by atoms with van der Waals surface area (Å²) in [4.78, 5) is 0. The highest BCUT2D eigenvalue weighted by atomic mass is 19.4. The van der Waals surface area contributed by atoms with Gasteiger partial charge in [-0.3, -0.25) is 0 Å². The third-order valence-electron chi connectivity index (χ3n) is 2.92. The number of ether oxygens (including phenoxy) is 1. The van der Waals surface area contributed by atoms with Crippen molar-refractivity contribution in [1.82, 2.24) is 0 Å². The molecule has 1 aliphatic rings. The number of benzene rings is 1. The Balaban J connectivity index is 2.03. The predicted molar refractivity (Wildman–Crippen MR) is 57.9 cm³/mol. The lowest BCUT2D eigenvalue weighted by atomic mass is 10.1. The van der Waals surface area contributed by atoms with Gasteiger partial charge in [0, 0.05) is 6.04 Å². The van der Waals surface area contributed by atoms with Crippen molar-refractivity contribution >= 4 is 0 Å². The van der Waals surface area contributed by atoms with E-state index in [0.29, 0.717) is 5.75 Å². The first kappa shape index (κ1) is 12.2. The topological polar surface area (TPSA) is 35.2 Å². The van der Waals surface area contributed by atoms with E-state index in [1.54, 1.807) is 12.1 Å². The Morgan fingerprint density at radius 3 is 2.82 bits per heavy atom. The fraction of sp³-hybridized carbons (Fsp3) is 0.500. The second kappa shape index (κ2) is 4.56. The maximum absolute atomic E-state index is 12.0. The molecule has 1 aromatic carbocycles. The van der Waals surface area contributed by atoms with Crippen molar-refractivity contribution in [1.29, 1.82) is 0 Å². The molecule has 0 heterocycles. The van der Waals surface area contributed by atoms with Gasteiger partial charge in [-0.2, -0.15) is 13.2 Å². The van der Waals surface area contributed by atoms with Crippen molar-refractivity contribution in [3.63, 3.8) is 0 Å². The Hall–Kier alpha value is -1.23. The van der Waals surface area contributed by atoms with Crippen LogP contribution in [0.5, 0.6) is 5.75 Å². The Kier molecular flexibility index (Phi) is 3.28. The van der Waals surface area contributed by atoms with Crippen LogP contribution in [-0.2, 0) is 6.42 Å². The summed E-state index contributed by atoms with van der Waals surface area (Å²) in [6.07, 6.45) is -3.50. The molecular weight excluding hydrogens is 231 g/mol. The lowest BCUT2D eigenvalue weighted by molar-refractivity contribution is -0.139. The second-order valence-electron chi connectivity index (χ2n) is 4.18. The number of halogens is 3. The van der Waals surface area contributed by atoms with Gasteiger partial charge in [0.25, 0.3) is 0 Å². The summed E-state index contributed by atoms with van der Waals surface area (Å²) in [5, 5.41) is 0. The van der Waals surface area contributed by atoms with Crippen LogP contribution in [0.1, 0.15) is 30.0 Å². The summed E-state index contributed by atoms with van der Waals surface area (Å²) in [5.41, 5.74) is 7.83. The fourth-order valence-corrected chi connectivity index (χ4v) is 2.06. The van der Waals surface area contributed by atoms with Gasteiger partial charge in [0.2, 0.25) is 0 Å². The van der Waals surface area contributed by atoms with E-state index in [1.807, 2.05) is 6.07 Å². The molecule has 17 heavy (non-hydrogen) atoms. The van der Waals surface area contributed by atoms with E-state index in [-0.39, 0.29) is 12.6 Å². The van der Waals surface area contributed by atoms with Crippen LogP contribution >= 0.6 is 0 Å². The minimum absolute atomic E-state index is 0.0174. The summed E-state index contributed by atoms with van der Waals surface area (Å²) in [7, 11) is 0. The molecule has 0 aliphatic heterocycles. The van der Waals surface area contributed by atoms with E-state index in [4.69, 9.17) is 10.5 Å². The first-order valence-corrected chi connectivity index (χ1v) is 5.54. The van der Waals surface area contributed by atoms with Gasteiger partial charge in [0.05, 0.1) is 13.0 Å². The van der Waals surface area contributed by atoms with Gasteiger partial charge in [0.15, 0.2) is 0 Å². The van der Waals surface area contributed by atoms with Crippen LogP contribution in [-0.4, -0.2) is 12.8 Å². The SMILES string of the molecule is NC1CCc2c(OCCC(F)(F)F)cccc21. The monoisotopic (exact) mass is 245 g/mol. The molecular formula is C12H14F3NO. The van der Waals surface area contributed by atoms with Crippen molar-refractivity contribution in [3.05, 3.63) is 29.3 Å². The van der Waals surface area contributed by atoms with Gasteiger partial charge in [-0.1, -0.05) is 12.1 Å². The van der Waals surface area contributed by atoms with Crippen molar-refractivity contribution in [3.8, 4) is 5.75 Å². The van der Waals surface area contributed by atoms with Crippen molar-refractivity contribution in [2.45, 2.75) is 31.5 Å². The van der Waals surface area contributed by atoms with E-state index in [0.717, 1.165) is 24.0 Å². The largest absolute Gasteiger partial charge is 0.493 e. The highest BCUT2D eigenvalue weighted by Gasteiger charge is 2.27. The average Bonchev–Trinajstić information content (AvgIpc) is 2.60. The maximum atomic E-state index is 12.0. The molecule has 0 spiro atoms. The lowest BCUT2D eigenvalue weighted by Crippen LogP contribution is -2.13. The number of hydrogen-bond acceptors (Lipinski definition) is 2. The van der Waals surface area contributed by atoms with Crippen LogP contribution in [0.2, 0.25) is 0 Å². The molecule has 0 amide bonds. The third kappa shape index (κ3) is 2.91. The molecule has 0 radical (unpaired) electrons. The number of alkyl halides is 3. The van der Waals surface area contributed by atoms with Crippen LogP contribution in [0.3, 0.4) is 0 Å². The van der Waals surface area contributed by atoms with Gasteiger partial charge in [0.1, 0.15) is 5.75 Å². The molecule has 0 saturated heterocycles. The molecule has 94 valence electrons. The molecule has 0 fully saturated rings. The fourth-order valence-electron chi connectivity index (χ4n) is 2.06. The molecule has 1 aliphatic carbocycles. The van der Waals surface area contributed by atoms with E-state index >= 15 is 0 Å². The summed E-state index contributed by atoms with van der Waals surface area (Å²) >= 11 is 0. The summed E-state index contributed by atoms with van der Waals surface area (Å²) in [6.45, 7) is -0.338. The molecule has 0 bridgehead atoms. The number of hydrogen-bond donors (Lipinski definition) is 1. The standard InChI is InChI=1S/C12H14F3NO/c13-12(14,15)6-7-17-11-3-1-2-8-9(11)4-5-10(8)16/h1-3,10H,4-7,16H2. The van der Waals surface area contributed by atoms with Gasteiger partial charge in [-0.15, -0.1) is 0 Å². The number of rotatable bonds is 3. The van der Waals surface area contributed by atoms with E-state index in [2.05, 4.69) is 0 Å². The highest BCUT2D eigenvalue weighted by molar-refractivity contribution is 5.44. The Morgan fingerprint density at radius 2 is 2.12 bits per heavy atom. The molecule has 0 aromatic heterocycles. The predicted octanol–water partition coefficient (Wildman–Crippen LogP) is 2.96. The van der Waals surface area contributed by atoms with E-state index in [9.17, 15) is 13.2 Å². The van der Waals surface area contributed by atoms with Gasteiger partial charge in [-0.25, -0.2) is 0 Å². The first-order valence-electron chi connectivity index (χ1n) is 5.54. The summed E-state index contributed by atoms with van der Waals surface area (Å²) < 4.78 is 41.2. The van der Waals surface area contributed by atoms with Gasteiger partial charge >= 0.3 is 6.18 Å². The van der Waals surface area contributed by atoms with Crippen molar-refractivity contribution in [2.24, 2.45) is 5.73 Å². The van der Waals surface area contributed by atoms with Gasteiger partial charge < -0.3 is 10.5 Å². The average molecular weight is 245 g/mol. The zero-order valence-electron chi connectivity index (χ0n) is 9.26. The minimum atomic E-state index is -4.17.